The van der Waals surface area contributed by atoms with Crippen LogP contribution in [0.25, 0.3) is 0 Å². The molecule has 0 saturated carbocycles. The molecule has 1 saturated heterocycles. The highest BCUT2D eigenvalue weighted by Crippen LogP contribution is 2.28. The van der Waals surface area contributed by atoms with E-state index in [4.69, 9.17) is 14.2 Å². The monoisotopic (exact) mass is 428 g/mol. The molecule has 2 aromatic carbocycles. The summed E-state index contributed by atoms with van der Waals surface area (Å²) in [6.07, 6.45) is 0.173. The van der Waals surface area contributed by atoms with E-state index in [2.05, 4.69) is 10.2 Å². The highest BCUT2D eigenvalue weighted by molar-refractivity contribution is 5.76. The SMILES string of the molecule is CCOc1ccc(CCC(=O)NCC(O)c2ccc(N3CCOCC3)cc2)cc1OC. The minimum absolute atomic E-state index is 0.100. The Kier molecular flexibility index (Phi) is 8.55. The summed E-state index contributed by atoms with van der Waals surface area (Å²) in [6.45, 7) is 5.89. The van der Waals surface area contributed by atoms with Gasteiger partial charge in [-0.1, -0.05) is 18.2 Å². The maximum absolute atomic E-state index is 12.2. The first kappa shape index (κ1) is 22.9. The van der Waals surface area contributed by atoms with Crippen molar-refractivity contribution in [3.63, 3.8) is 0 Å². The van der Waals surface area contributed by atoms with Gasteiger partial charge in [0.25, 0.3) is 0 Å². The molecule has 1 fully saturated rings. The van der Waals surface area contributed by atoms with Crippen LogP contribution in [0.1, 0.15) is 30.6 Å². The molecular weight excluding hydrogens is 396 g/mol. The maximum Gasteiger partial charge on any atom is 0.220 e. The van der Waals surface area contributed by atoms with Gasteiger partial charge < -0.3 is 29.5 Å². The first-order valence-corrected chi connectivity index (χ1v) is 10.8. The van der Waals surface area contributed by atoms with Gasteiger partial charge in [-0.3, -0.25) is 4.79 Å². The van der Waals surface area contributed by atoms with Crippen LogP contribution in [-0.4, -0.2) is 57.6 Å². The molecule has 1 unspecified atom stereocenters. The van der Waals surface area contributed by atoms with Crippen LogP contribution in [0.3, 0.4) is 0 Å². The van der Waals surface area contributed by atoms with Crippen molar-refractivity contribution >= 4 is 11.6 Å². The molecule has 0 spiro atoms. The van der Waals surface area contributed by atoms with Crippen LogP contribution in [0.2, 0.25) is 0 Å². The molecule has 7 nitrogen and oxygen atoms in total. The fourth-order valence-corrected chi connectivity index (χ4v) is 3.55. The number of carbonyl (C=O) groups is 1. The van der Waals surface area contributed by atoms with Gasteiger partial charge in [0.05, 0.1) is 33.0 Å². The van der Waals surface area contributed by atoms with Crippen LogP contribution < -0.4 is 19.7 Å². The highest BCUT2D eigenvalue weighted by Gasteiger charge is 2.14. The zero-order valence-electron chi connectivity index (χ0n) is 18.3. The molecule has 1 aliphatic rings. The molecule has 168 valence electrons. The number of carbonyl (C=O) groups excluding carboxylic acids is 1. The predicted octanol–water partition coefficient (Wildman–Crippen LogP) is 2.71. The summed E-state index contributed by atoms with van der Waals surface area (Å²) in [4.78, 5) is 14.5. The fraction of sp³-hybridized carbons (Fsp3) is 0.458. The van der Waals surface area contributed by atoms with Gasteiger partial charge in [-0.2, -0.15) is 0 Å². The van der Waals surface area contributed by atoms with E-state index >= 15 is 0 Å². The van der Waals surface area contributed by atoms with Gasteiger partial charge in [0.2, 0.25) is 5.91 Å². The molecule has 2 N–H and O–H groups in total. The smallest absolute Gasteiger partial charge is 0.220 e. The Balaban J connectivity index is 1.44. The Morgan fingerprint density at radius 2 is 1.90 bits per heavy atom. The number of amides is 1. The van der Waals surface area contributed by atoms with E-state index in [1.165, 1.54) is 0 Å². The van der Waals surface area contributed by atoms with Gasteiger partial charge in [-0.15, -0.1) is 0 Å². The molecule has 3 rings (SSSR count). The number of ether oxygens (including phenoxy) is 3. The summed E-state index contributed by atoms with van der Waals surface area (Å²) in [7, 11) is 1.60. The first-order valence-electron chi connectivity index (χ1n) is 10.8. The number of benzene rings is 2. The summed E-state index contributed by atoms with van der Waals surface area (Å²) >= 11 is 0. The van der Waals surface area contributed by atoms with Crippen LogP contribution in [-0.2, 0) is 16.0 Å². The number of anilines is 1. The third kappa shape index (κ3) is 6.60. The van der Waals surface area contributed by atoms with Gasteiger partial charge in [0.1, 0.15) is 0 Å². The lowest BCUT2D eigenvalue weighted by atomic mass is 10.1. The number of nitrogens with zero attached hydrogens (tertiary/aromatic N) is 1. The van der Waals surface area contributed by atoms with E-state index in [-0.39, 0.29) is 12.5 Å². The average Bonchev–Trinajstić information content (AvgIpc) is 2.82. The molecule has 1 amide bonds. The number of nitrogens with one attached hydrogen (secondary N) is 1. The summed E-state index contributed by atoms with van der Waals surface area (Å²) in [5.74, 6) is 1.26. The predicted molar refractivity (Wildman–Crippen MR) is 120 cm³/mol. The van der Waals surface area contributed by atoms with Crippen LogP contribution in [0, 0.1) is 0 Å². The Bertz CT molecular complexity index is 834. The zero-order valence-corrected chi connectivity index (χ0v) is 18.3. The number of methoxy groups -OCH3 is 1. The summed E-state index contributed by atoms with van der Waals surface area (Å²) in [5.41, 5.74) is 2.90. The lowest BCUT2D eigenvalue weighted by Gasteiger charge is -2.29. The van der Waals surface area contributed by atoms with Crippen molar-refractivity contribution in [3.05, 3.63) is 53.6 Å². The Labute approximate surface area is 183 Å². The standard InChI is InChI=1S/C24H32N2O5/c1-3-31-22-10-4-18(16-23(22)29-2)5-11-24(28)25-17-21(27)19-6-8-20(9-7-19)26-12-14-30-15-13-26/h4,6-10,16,21,27H,3,5,11-15,17H2,1-2H3,(H,25,28). The van der Waals surface area contributed by atoms with E-state index in [1.807, 2.05) is 49.4 Å². The molecule has 0 bridgehead atoms. The normalized spacial score (nSPS) is 14.7. The molecule has 1 atom stereocenters. The third-order valence-electron chi connectivity index (χ3n) is 5.32. The lowest BCUT2D eigenvalue weighted by molar-refractivity contribution is -0.121. The van der Waals surface area contributed by atoms with E-state index < -0.39 is 6.10 Å². The zero-order chi connectivity index (χ0) is 22.1. The van der Waals surface area contributed by atoms with Gasteiger partial charge in [-0.25, -0.2) is 0 Å². The molecular formula is C24H32N2O5. The summed E-state index contributed by atoms with van der Waals surface area (Å²) < 4.78 is 16.2. The molecule has 1 aliphatic heterocycles. The lowest BCUT2D eigenvalue weighted by Crippen LogP contribution is -2.36. The molecule has 31 heavy (non-hydrogen) atoms. The van der Waals surface area contributed by atoms with Gasteiger partial charge >= 0.3 is 0 Å². The van der Waals surface area contributed by atoms with Crippen molar-refractivity contribution < 1.29 is 24.1 Å². The summed E-state index contributed by atoms with van der Waals surface area (Å²) in [5, 5.41) is 13.2. The van der Waals surface area contributed by atoms with Crippen molar-refractivity contribution in [2.24, 2.45) is 0 Å². The van der Waals surface area contributed by atoms with Crippen molar-refractivity contribution in [2.75, 3.05) is 51.5 Å². The second-order valence-electron chi connectivity index (χ2n) is 7.43. The molecule has 0 aromatic heterocycles. The number of aliphatic hydroxyl groups excluding tert-OH is 1. The third-order valence-corrected chi connectivity index (χ3v) is 5.32. The van der Waals surface area contributed by atoms with E-state index in [0.29, 0.717) is 30.9 Å². The van der Waals surface area contributed by atoms with Gasteiger partial charge in [0.15, 0.2) is 11.5 Å². The molecule has 7 heteroatoms. The number of aryl methyl sites for hydroxylation is 1. The van der Waals surface area contributed by atoms with Crippen LogP contribution in [0.4, 0.5) is 5.69 Å². The van der Waals surface area contributed by atoms with Crippen molar-refractivity contribution in [1.82, 2.24) is 5.32 Å². The number of rotatable bonds is 10. The number of aliphatic hydroxyl groups is 1. The van der Waals surface area contributed by atoms with E-state index in [9.17, 15) is 9.90 Å². The fourth-order valence-electron chi connectivity index (χ4n) is 3.55. The van der Waals surface area contributed by atoms with Crippen molar-refractivity contribution in [1.29, 1.82) is 0 Å². The molecule has 2 aromatic rings. The molecule has 1 heterocycles. The quantitative estimate of drug-likeness (QED) is 0.606. The largest absolute Gasteiger partial charge is 0.493 e. The highest BCUT2D eigenvalue weighted by atomic mass is 16.5. The molecule has 0 radical (unpaired) electrons. The van der Waals surface area contributed by atoms with E-state index in [0.717, 1.165) is 43.1 Å². The average molecular weight is 429 g/mol. The van der Waals surface area contributed by atoms with Crippen LogP contribution in [0.5, 0.6) is 11.5 Å². The van der Waals surface area contributed by atoms with Crippen molar-refractivity contribution in [2.45, 2.75) is 25.9 Å². The first-order chi connectivity index (χ1) is 15.1. The molecule has 0 aliphatic carbocycles. The van der Waals surface area contributed by atoms with Crippen LogP contribution >= 0.6 is 0 Å². The van der Waals surface area contributed by atoms with E-state index in [1.54, 1.807) is 7.11 Å². The number of hydrogen-bond donors (Lipinski definition) is 2. The summed E-state index contributed by atoms with van der Waals surface area (Å²) in [6, 6.07) is 13.5. The topological polar surface area (TPSA) is 80.3 Å². The Morgan fingerprint density at radius 3 is 2.58 bits per heavy atom. The minimum Gasteiger partial charge on any atom is -0.493 e. The van der Waals surface area contributed by atoms with Crippen LogP contribution in [0.15, 0.2) is 42.5 Å². The van der Waals surface area contributed by atoms with Gasteiger partial charge in [-0.05, 0) is 48.7 Å². The Hall–Kier alpha value is -2.77. The maximum atomic E-state index is 12.2. The Morgan fingerprint density at radius 1 is 1.16 bits per heavy atom. The van der Waals surface area contributed by atoms with Crippen molar-refractivity contribution in [3.8, 4) is 11.5 Å². The minimum atomic E-state index is -0.742. The van der Waals surface area contributed by atoms with Gasteiger partial charge in [0, 0.05) is 31.7 Å². The second kappa shape index (κ2) is 11.6. The second-order valence-corrected chi connectivity index (χ2v) is 7.43. The number of morpholine rings is 1. The number of hydrogen-bond acceptors (Lipinski definition) is 6.